The quantitative estimate of drug-likeness (QED) is 0.742. The molecule has 1 fully saturated rings. The SMILES string of the molecule is CC1(C)C(Nc2c(Cl)cc(N)cc2C(=O)O)C1(C)C. The molecule has 0 spiro atoms. The van der Waals surface area contributed by atoms with E-state index in [1.165, 1.54) is 6.07 Å². The first kappa shape index (κ1) is 14.0. The summed E-state index contributed by atoms with van der Waals surface area (Å²) in [5.74, 6) is -1.03. The van der Waals surface area contributed by atoms with E-state index in [4.69, 9.17) is 17.3 Å². The van der Waals surface area contributed by atoms with Crippen LogP contribution in [-0.4, -0.2) is 17.1 Å². The molecule has 19 heavy (non-hydrogen) atoms. The van der Waals surface area contributed by atoms with Gasteiger partial charge in [-0.25, -0.2) is 4.79 Å². The van der Waals surface area contributed by atoms with Gasteiger partial charge in [0.05, 0.1) is 16.3 Å². The molecule has 0 bridgehead atoms. The van der Waals surface area contributed by atoms with Gasteiger partial charge in [-0.3, -0.25) is 0 Å². The predicted octanol–water partition coefficient (Wildman–Crippen LogP) is 3.47. The summed E-state index contributed by atoms with van der Waals surface area (Å²) in [6, 6.07) is 3.18. The van der Waals surface area contributed by atoms with Crippen molar-refractivity contribution in [2.24, 2.45) is 10.8 Å². The number of benzene rings is 1. The highest BCUT2D eigenvalue weighted by Gasteiger charge is 2.65. The molecule has 104 valence electrons. The van der Waals surface area contributed by atoms with Crippen molar-refractivity contribution in [2.75, 3.05) is 11.1 Å². The highest BCUT2D eigenvalue weighted by molar-refractivity contribution is 6.34. The second-order valence-electron chi connectivity index (χ2n) is 6.25. The third-order valence-electron chi connectivity index (χ3n) is 4.65. The minimum absolute atomic E-state index is 0.0908. The Bertz CT molecular complexity index is 539. The number of anilines is 2. The molecule has 4 nitrogen and oxygen atoms in total. The predicted molar refractivity (Wildman–Crippen MR) is 77.8 cm³/mol. The maximum absolute atomic E-state index is 11.3. The molecule has 1 aromatic rings. The van der Waals surface area contributed by atoms with E-state index < -0.39 is 5.97 Å². The van der Waals surface area contributed by atoms with Crippen molar-refractivity contribution >= 4 is 28.9 Å². The molecule has 1 aliphatic rings. The summed E-state index contributed by atoms with van der Waals surface area (Å²) in [4.78, 5) is 11.3. The first-order chi connectivity index (χ1) is 8.59. The standard InChI is InChI=1S/C14H19ClN2O2/c1-13(2)12(14(13,3)4)17-10-8(11(18)19)5-7(16)6-9(10)15/h5-6,12,17H,16H2,1-4H3,(H,18,19). The molecule has 1 aliphatic carbocycles. The summed E-state index contributed by atoms with van der Waals surface area (Å²) >= 11 is 6.13. The van der Waals surface area contributed by atoms with Crippen LogP contribution in [0.15, 0.2) is 12.1 Å². The number of hydrogen-bond donors (Lipinski definition) is 3. The number of carboxylic acids is 1. The van der Waals surface area contributed by atoms with E-state index >= 15 is 0 Å². The van der Waals surface area contributed by atoms with E-state index in [9.17, 15) is 9.90 Å². The lowest BCUT2D eigenvalue weighted by molar-refractivity contribution is 0.0698. The number of nitrogens with one attached hydrogen (secondary N) is 1. The highest BCUT2D eigenvalue weighted by Crippen LogP contribution is 2.64. The van der Waals surface area contributed by atoms with Crippen LogP contribution < -0.4 is 11.1 Å². The number of nitrogens with two attached hydrogens (primary N) is 1. The summed E-state index contributed by atoms with van der Waals surface area (Å²) in [5, 5.41) is 12.9. The first-order valence-electron chi connectivity index (χ1n) is 6.18. The molecule has 2 rings (SSSR count). The van der Waals surface area contributed by atoms with Crippen LogP contribution in [0.2, 0.25) is 5.02 Å². The Morgan fingerprint density at radius 3 is 2.26 bits per heavy atom. The van der Waals surface area contributed by atoms with Crippen LogP contribution in [0.5, 0.6) is 0 Å². The molecule has 0 aliphatic heterocycles. The Balaban J connectivity index is 2.39. The van der Waals surface area contributed by atoms with Gasteiger partial charge >= 0.3 is 5.97 Å². The van der Waals surface area contributed by atoms with Gasteiger partial charge in [0.25, 0.3) is 0 Å². The summed E-state index contributed by atoms with van der Waals surface area (Å²) in [6.07, 6.45) is 0. The summed E-state index contributed by atoms with van der Waals surface area (Å²) in [7, 11) is 0. The maximum atomic E-state index is 11.3. The van der Waals surface area contributed by atoms with Crippen molar-refractivity contribution in [3.8, 4) is 0 Å². The Morgan fingerprint density at radius 1 is 1.32 bits per heavy atom. The molecule has 0 aromatic heterocycles. The fourth-order valence-corrected chi connectivity index (χ4v) is 2.93. The molecule has 0 radical (unpaired) electrons. The smallest absolute Gasteiger partial charge is 0.337 e. The minimum atomic E-state index is -1.03. The third kappa shape index (κ3) is 2.04. The van der Waals surface area contributed by atoms with Gasteiger partial charge in [-0.2, -0.15) is 0 Å². The zero-order chi connectivity index (χ0) is 14.6. The second kappa shape index (κ2) is 4.04. The molecular formula is C14H19ClN2O2. The molecule has 1 aromatic carbocycles. The van der Waals surface area contributed by atoms with Gasteiger partial charge in [0.15, 0.2) is 0 Å². The van der Waals surface area contributed by atoms with E-state index in [0.29, 0.717) is 16.4 Å². The topological polar surface area (TPSA) is 75.3 Å². The molecule has 0 atom stereocenters. The van der Waals surface area contributed by atoms with Gasteiger partial charge in [0.2, 0.25) is 0 Å². The lowest BCUT2D eigenvalue weighted by Crippen LogP contribution is -2.14. The van der Waals surface area contributed by atoms with Crippen LogP contribution in [0, 0.1) is 10.8 Å². The van der Waals surface area contributed by atoms with E-state index in [0.717, 1.165) is 0 Å². The number of aromatic carboxylic acids is 1. The number of hydrogen-bond acceptors (Lipinski definition) is 3. The van der Waals surface area contributed by atoms with Gasteiger partial charge in [0.1, 0.15) is 0 Å². The van der Waals surface area contributed by atoms with Crippen LogP contribution in [0.3, 0.4) is 0 Å². The summed E-state index contributed by atoms with van der Waals surface area (Å²) < 4.78 is 0. The van der Waals surface area contributed by atoms with Gasteiger partial charge < -0.3 is 16.2 Å². The Labute approximate surface area is 117 Å². The Morgan fingerprint density at radius 2 is 1.84 bits per heavy atom. The number of carboxylic acid groups (broad SMARTS) is 1. The number of nitrogen functional groups attached to an aromatic ring is 1. The van der Waals surface area contributed by atoms with Crippen LogP contribution in [-0.2, 0) is 0 Å². The van der Waals surface area contributed by atoms with Crippen LogP contribution in [0.4, 0.5) is 11.4 Å². The maximum Gasteiger partial charge on any atom is 0.337 e. The van der Waals surface area contributed by atoms with E-state index in [2.05, 4.69) is 33.0 Å². The minimum Gasteiger partial charge on any atom is -0.478 e. The largest absolute Gasteiger partial charge is 0.478 e. The van der Waals surface area contributed by atoms with Gasteiger partial charge in [-0.1, -0.05) is 39.3 Å². The summed E-state index contributed by atoms with van der Waals surface area (Å²) in [6.45, 7) is 8.60. The number of carbonyl (C=O) groups is 1. The third-order valence-corrected chi connectivity index (χ3v) is 4.95. The van der Waals surface area contributed by atoms with Crippen molar-refractivity contribution in [2.45, 2.75) is 33.7 Å². The zero-order valence-electron chi connectivity index (χ0n) is 11.5. The van der Waals surface area contributed by atoms with Gasteiger partial charge in [-0.05, 0) is 23.0 Å². The molecule has 0 unspecified atom stereocenters. The monoisotopic (exact) mass is 282 g/mol. The van der Waals surface area contributed by atoms with E-state index in [1.54, 1.807) is 6.07 Å². The molecule has 1 saturated carbocycles. The summed E-state index contributed by atoms with van der Waals surface area (Å²) in [5.41, 5.74) is 6.74. The van der Waals surface area contributed by atoms with Crippen molar-refractivity contribution in [1.82, 2.24) is 0 Å². The molecule has 4 N–H and O–H groups in total. The van der Waals surface area contributed by atoms with Crippen molar-refractivity contribution in [1.29, 1.82) is 0 Å². The van der Waals surface area contributed by atoms with Crippen molar-refractivity contribution in [3.63, 3.8) is 0 Å². The first-order valence-corrected chi connectivity index (χ1v) is 6.55. The van der Waals surface area contributed by atoms with Gasteiger partial charge in [-0.15, -0.1) is 0 Å². The van der Waals surface area contributed by atoms with Crippen LogP contribution >= 0.6 is 11.6 Å². The number of rotatable bonds is 3. The fourth-order valence-electron chi connectivity index (χ4n) is 2.64. The highest BCUT2D eigenvalue weighted by atomic mass is 35.5. The van der Waals surface area contributed by atoms with Crippen LogP contribution in [0.25, 0.3) is 0 Å². The molecule has 0 heterocycles. The Kier molecular flexibility index (Phi) is 2.97. The number of halogens is 1. The molecule has 0 saturated heterocycles. The van der Waals surface area contributed by atoms with Crippen LogP contribution in [0.1, 0.15) is 38.1 Å². The second-order valence-corrected chi connectivity index (χ2v) is 6.66. The van der Waals surface area contributed by atoms with Gasteiger partial charge in [0, 0.05) is 11.7 Å². The zero-order valence-corrected chi connectivity index (χ0v) is 12.3. The average Bonchev–Trinajstić information content (AvgIpc) is 2.63. The fraction of sp³-hybridized carbons (Fsp3) is 0.500. The van der Waals surface area contributed by atoms with E-state index in [1.807, 2.05) is 0 Å². The Hall–Kier alpha value is -1.42. The molecule has 0 amide bonds. The van der Waals surface area contributed by atoms with Crippen molar-refractivity contribution < 1.29 is 9.90 Å². The lowest BCUT2D eigenvalue weighted by Gasteiger charge is -2.14. The molecular weight excluding hydrogens is 264 g/mol. The molecule has 5 heteroatoms. The van der Waals surface area contributed by atoms with E-state index in [-0.39, 0.29) is 22.4 Å². The normalized spacial score (nSPS) is 20.1. The lowest BCUT2D eigenvalue weighted by atomic mass is 10.0. The van der Waals surface area contributed by atoms with Crippen molar-refractivity contribution in [3.05, 3.63) is 22.7 Å². The average molecular weight is 283 g/mol.